The second-order valence-electron chi connectivity index (χ2n) is 26.3. The molecule has 1 aromatic carbocycles. The van der Waals surface area contributed by atoms with E-state index in [4.69, 9.17) is 121 Å². The van der Waals surface area contributed by atoms with Gasteiger partial charge in [0.25, 0.3) is 0 Å². The minimum absolute atomic E-state index is 0.0999. The lowest BCUT2D eigenvalue weighted by Crippen LogP contribution is -2.63. The van der Waals surface area contributed by atoms with Crippen LogP contribution in [0.5, 0.6) is 0 Å². The molecule has 11 N–H and O–H groups in total. The largest absolute Gasteiger partial charge is 0.463 e. The average molecular weight is 1710 g/mol. The van der Waals surface area contributed by atoms with Crippen molar-refractivity contribution in [2.45, 2.75) is 212 Å². The van der Waals surface area contributed by atoms with Crippen LogP contribution in [0.3, 0.4) is 0 Å². The highest BCUT2D eigenvalue weighted by molar-refractivity contribution is 5.81. The van der Waals surface area contributed by atoms with Crippen LogP contribution >= 0.6 is 0 Å². The highest BCUT2D eigenvalue weighted by atomic mass is 16.8. The third-order valence-corrected chi connectivity index (χ3v) is 16.7. The maximum Gasteiger partial charge on any atom is 0.407 e. The summed E-state index contributed by atoms with van der Waals surface area (Å²) in [6, 6.07) is 8.70. The second-order valence-corrected chi connectivity index (χ2v) is 26.3. The van der Waals surface area contributed by atoms with Gasteiger partial charge in [-0.15, -0.1) is 0 Å². The number of nitrogens with one attached hydrogen (secondary N) is 5. The maximum absolute atomic E-state index is 14.1. The Morgan fingerprint density at radius 3 is 0.916 bits per heavy atom. The molecule has 4 rings (SSSR count). The summed E-state index contributed by atoms with van der Waals surface area (Å²) in [6.45, 7) is 4.81. The number of primary amides is 3. The lowest BCUT2D eigenvalue weighted by molar-refractivity contribution is -0.306. The highest BCUT2D eigenvalue weighted by Gasteiger charge is 2.56. The maximum atomic E-state index is 14.1. The zero-order valence-corrected chi connectivity index (χ0v) is 67.2. The molecular weight excluding hydrogens is 1600 g/mol. The molecule has 3 saturated heterocycles. The Hall–Kier alpha value is -11.0. The normalized spacial score (nSPS) is 22.5. The molecule has 0 aliphatic carbocycles. The van der Waals surface area contributed by atoms with Crippen LogP contribution in [0.25, 0.3) is 0 Å². The van der Waals surface area contributed by atoms with E-state index in [1.165, 1.54) is 0 Å². The van der Waals surface area contributed by atoms with Gasteiger partial charge in [0.2, 0.25) is 23.6 Å². The molecule has 3 aliphatic rings. The van der Waals surface area contributed by atoms with Crippen molar-refractivity contribution in [1.82, 2.24) is 26.6 Å². The molecule has 47 nitrogen and oxygen atoms in total. The van der Waals surface area contributed by atoms with Crippen molar-refractivity contribution in [3.8, 4) is 0 Å². The zero-order valence-electron chi connectivity index (χ0n) is 67.2. The summed E-state index contributed by atoms with van der Waals surface area (Å²) in [7, 11) is 0. The van der Waals surface area contributed by atoms with E-state index in [2.05, 4.69) is 26.6 Å². The molecule has 0 saturated carbocycles. The van der Waals surface area contributed by atoms with E-state index in [-0.39, 0.29) is 137 Å². The van der Waals surface area contributed by atoms with Crippen LogP contribution in [-0.4, -0.2) is 305 Å². The van der Waals surface area contributed by atoms with Crippen LogP contribution < -0.4 is 43.8 Å². The van der Waals surface area contributed by atoms with Crippen molar-refractivity contribution < 1.29 is 186 Å². The number of hydrogen-bond acceptors (Lipinski definition) is 39. The van der Waals surface area contributed by atoms with Crippen LogP contribution in [0.2, 0.25) is 0 Å². The molecule has 0 unspecified atom stereocenters. The number of ether oxygens (including phenoxy) is 22. The summed E-state index contributed by atoms with van der Waals surface area (Å²) in [6.07, 6.45) is -30.2. The fourth-order valence-electron chi connectivity index (χ4n) is 11.9. The molecule has 47 heteroatoms. The van der Waals surface area contributed by atoms with Crippen molar-refractivity contribution in [1.29, 1.82) is 0 Å². The molecule has 1 aromatic rings. The Kier molecular flexibility index (Phi) is 45.1. The summed E-state index contributed by atoms with van der Waals surface area (Å²) >= 11 is 0. The number of benzene rings is 1. The minimum atomic E-state index is -1.63. The zero-order chi connectivity index (χ0) is 88.2. The first-order chi connectivity index (χ1) is 56.4. The van der Waals surface area contributed by atoms with Gasteiger partial charge in [-0.2, -0.15) is 0 Å². The Labute approximate surface area is 682 Å². The first kappa shape index (κ1) is 100. The van der Waals surface area contributed by atoms with Crippen molar-refractivity contribution in [3.05, 3.63) is 35.9 Å². The molecule has 0 spiro atoms. The Bertz CT molecular complexity index is 3230. The molecule has 8 amide bonds. The number of amides is 8. The van der Waals surface area contributed by atoms with E-state index in [9.17, 15) is 81.5 Å². The number of alkyl carbamates (subject to hydrolysis) is 1. The van der Waals surface area contributed by atoms with Gasteiger partial charge in [0, 0.05) is 120 Å². The van der Waals surface area contributed by atoms with E-state index in [1.54, 1.807) is 30.3 Å². The summed E-state index contributed by atoms with van der Waals surface area (Å²) in [5, 5.41) is 13.5. The first-order valence-electron chi connectivity index (χ1n) is 37.4. The van der Waals surface area contributed by atoms with E-state index in [0.29, 0.717) is 5.56 Å². The topological polar surface area (TPSA) is 631 Å². The summed E-state index contributed by atoms with van der Waals surface area (Å²) < 4.78 is 121. The molecule has 119 heavy (non-hydrogen) atoms. The van der Waals surface area contributed by atoms with Crippen LogP contribution in [0.1, 0.15) is 113 Å². The van der Waals surface area contributed by atoms with E-state index in [0.717, 1.165) is 62.3 Å². The van der Waals surface area contributed by atoms with Crippen LogP contribution in [0.4, 0.5) is 19.2 Å². The number of hydrogen-bond donors (Lipinski definition) is 8. The lowest BCUT2D eigenvalue weighted by Gasteiger charge is -2.43. The SMILES string of the molecule is CC(=O)OC[C@H]1O[C@H](OCCOCCNC(=O)CCC(CCC(=O)NCCOCCO[C@H]2O[C@H](COC(C)=O)[C@@H](OC(C)=O)[C@H](OC(N)=O)[C@@H]2OC(C)=O)(CCC(=O)NCCOCCO[C@H]2O[C@H](COC(C)=O)[C@@H](OC(C)=O)[C@H](OC(N)=O)[C@@H]2OC(C)=O)NC(=O)CCNC(=O)OCc2ccccc2)[C@@H](OC(C)=O)[C@@H](OC(N)=O)[C@@H]1OC(C)=O. The fraction of sp³-hybridized carbons (Fsp3) is 0.681. The van der Waals surface area contributed by atoms with Crippen molar-refractivity contribution in [3.63, 3.8) is 0 Å². The van der Waals surface area contributed by atoms with Gasteiger partial charge in [0.15, 0.2) is 73.8 Å². The summed E-state index contributed by atoms with van der Waals surface area (Å²) in [4.78, 5) is 213. The molecule has 0 radical (unpaired) electrons. The molecule has 3 heterocycles. The Balaban J connectivity index is 1.52. The molecule has 15 atom stereocenters. The molecule has 3 fully saturated rings. The second kappa shape index (κ2) is 53.5. The third kappa shape index (κ3) is 39.9. The molecular formula is C72H106N8O39. The highest BCUT2D eigenvalue weighted by Crippen LogP contribution is 2.34. The van der Waals surface area contributed by atoms with Gasteiger partial charge in [-0.25, -0.2) is 19.2 Å². The van der Waals surface area contributed by atoms with Crippen LogP contribution in [-0.2, 0) is 173 Å². The van der Waals surface area contributed by atoms with Crippen molar-refractivity contribution in [2.24, 2.45) is 17.2 Å². The number of esters is 9. The smallest absolute Gasteiger partial charge is 0.407 e. The first-order valence-corrected chi connectivity index (χ1v) is 37.4. The van der Waals surface area contributed by atoms with Gasteiger partial charge in [-0.3, -0.25) is 62.3 Å². The van der Waals surface area contributed by atoms with E-state index in [1.807, 2.05) is 0 Å². The monoisotopic (exact) mass is 1710 g/mol. The molecule has 3 aliphatic heterocycles. The number of nitrogens with two attached hydrogens (primary N) is 3. The predicted octanol–water partition coefficient (Wildman–Crippen LogP) is -2.21. The van der Waals surface area contributed by atoms with Gasteiger partial charge in [0.1, 0.15) is 44.7 Å². The molecule has 0 bridgehead atoms. The standard InChI is InChI=1S/C72H106N8O39/c1-39(81)104-36-49-56(108-42(4)84)59(117-68(73)94)62(111-45(7)87)65(114-49)101-32-29-98-26-23-76-52(90)15-19-72(80-55(93)18-22-79-71(97)107-35-48-13-11-10-12-14-48,20-16-53(91)77-24-27-99-30-33-102-66-63(112-46(8)88)60(118-69(74)95)57(109-43(5)85)50(115-66)37-105-40(2)82)21-17-54(92)78-25-28-100-31-34-103-67-64(113-47(9)89)61(119-70(75)96)58(110-44(6)86)51(116-67)38-106-41(3)83/h10-14,49-51,56-67H,15-38H2,1-9H3,(H2,73,94)(H2,74,95)(H2,75,96)(H,76,90)(H,77,91)(H,78,92)(H,79,97)(H,80,93)/t49-,50-,51-,56-,57-,58-,59+,60+,61+,62+,63+,64+,65+,66+,67+/m1/s1. The van der Waals surface area contributed by atoms with Crippen molar-refractivity contribution >= 4 is 102 Å². The number of carbonyl (C=O) groups excluding carboxylic acids is 17. The van der Waals surface area contributed by atoms with E-state index >= 15 is 0 Å². The minimum Gasteiger partial charge on any atom is -0.463 e. The van der Waals surface area contributed by atoms with Gasteiger partial charge >= 0.3 is 78.1 Å². The van der Waals surface area contributed by atoms with Crippen LogP contribution in [0.15, 0.2) is 30.3 Å². The fourth-order valence-corrected chi connectivity index (χ4v) is 11.9. The van der Waals surface area contributed by atoms with Gasteiger partial charge < -0.3 is 148 Å². The van der Waals surface area contributed by atoms with E-state index < -0.39 is 219 Å². The van der Waals surface area contributed by atoms with Gasteiger partial charge in [0.05, 0.1) is 59.5 Å². The molecule has 668 valence electrons. The summed E-state index contributed by atoms with van der Waals surface area (Å²) in [5.74, 6) is -10.2. The summed E-state index contributed by atoms with van der Waals surface area (Å²) in [5.41, 5.74) is 15.1. The van der Waals surface area contributed by atoms with Crippen molar-refractivity contribution in [2.75, 3.05) is 105 Å². The Morgan fingerprint density at radius 2 is 0.630 bits per heavy atom. The average Bonchev–Trinajstić information content (AvgIpc) is 0.796. The number of carbonyl (C=O) groups is 17. The Morgan fingerprint density at radius 1 is 0.328 bits per heavy atom. The molecule has 0 aromatic heterocycles. The predicted molar refractivity (Wildman–Crippen MR) is 390 cm³/mol. The van der Waals surface area contributed by atoms with Gasteiger partial charge in [-0.05, 0) is 24.8 Å². The quantitative estimate of drug-likeness (QED) is 0.0195. The van der Waals surface area contributed by atoms with Crippen LogP contribution in [0, 0.1) is 0 Å². The third-order valence-electron chi connectivity index (χ3n) is 16.7. The lowest BCUT2D eigenvalue weighted by atomic mass is 9.83. The number of rotatable bonds is 51. The van der Waals surface area contributed by atoms with Gasteiger partial charge in [-0.1, -0.05) is 30.3 Å².